The van der Waals surface area contributed by atoms with Gasteiger partial charge < -0.3 is 5.11 Å². The summed E-state index contributed by atoms with van der Waals surface area (Å²) in [4.78, 5) is 0. The van der Waals surface area contributed by atoms with E-state index in [1.807, 2.05) is 24.3 Å². The van der Waals surface area contributed by atoms with E-state index >= 15 is 0 Å². The molecule has 2 N–H and O–H groups in total. The second-order valence-electron chi connectivity index (χ2n) is 4.02. The smallest absolute Gasteiger partial charge is 0.233 e. The molecule has 6 heteroatoms. The van der Waals surface area contributed by atoms with Crippen molar-refractivity contribution in [3.05, 3.63) is 29.8 Å². The van der Waals surface area contributed by atoms with E-state index in [0.29, 0.717) is 10.6 Å². The van der Waals surface area contributed by atoms with Gasteiger partial charge in [-0.15, -0.1) is 11.3 Å². The first kappa shape index (κ1) is 13.3. The van der Waals surface area contributed by atoms with Crippen LogP contribution in [-0.4, -0.2) is 19.3 Å². The molecule has 4 nitrogen and oxygen atoms in total. The molecule has 98 valence electrons. The second kappa shape index (κ2) is 4.87. The van der Waals surface area contributed by atoms with E-state index in [2.05, 4.69) is 4.72 Å². The van der Waals surface area contributed by atoms with Gasteiger partial charge in [0.05, 0.1) is 11.9 Å². The van der Waals surface area contributed by atoms with Crippen molar-refractivity contribution in [2.24, 2.45) is 0 Å². The highest BCUT2D eigenvalue weighted by atomic mass is 32.2. The Labute approximate surface area is 110 Å². The zero-order chi connectivity index (χ0) is 13.3. The Morgan fingerprint density at radius 2 is 2.06 bits per heavy atom. The Kier molecular flexibility index (Phi) is 3.61. The van der Waals surface area contributed by atoms with Crippen LogP contribution < -0.4 is 4.72 Å². The Bertz CT molecular complexity index is 659. The summed E-state index contributed by atoms with van der Waals surface area (Å²) in [5, 5.41) is 11.2. The number of aliphatic hydroxyl groups excluding tert-OH is 1. The quantitative estimate of drug-likeness (QED) is 0.907. The van der Waals surface area contributed by atoms with Gasteiger partial charge in [-0.05, 0) is 19.9 Å². The number of fused-ring (bicyclic) bond motifs is 1. The largest absolute Gasteiger partial charge is 0.389 e. The molecule has 1 aromatic carbocycles. The zero-order valence-corrected chi connectivity index (χ0v) is 11.8. The number of thiophene rings is 1. The molecular formula is C12H15NO3S2. The molecule has 2 aromatic rings. The van der Waals surface area contributed by atoms with Gasteiger partial charge in [0.25, 0.3) is 0 Å². The van der Waals surface area contributed by atoms with Crippen LogP contribution in [0.1, 0.15) is 25.5 Å². The van der Waals surface area contributed by atoms with Gasteiger partial charge in [0.1, 0.15) is 5.00 Å². The number of sulfonamides is 1. The Morgan fingerprint density at radius 3 is 2.67 bits per heavy atom. The molecular weight excluding hydrogens is 270 g/mol. The van der Waals surface area contributed by atoms with E-state index in [1.165, 1.54) is 11.3 Å². The normalized spacial score (nSPS) is 13.7. The van der Waals surface area contributed by atoms with E-state index in [0.717, 1.165) is 10.1 Å². The maximum absolute atomic E-state index is 11.6. The molecule has 18 heavy (non-hydrogen) atoms. The lowest BCUT2D eigenvalue weighted by Crippen LogP contribution is -2.15. The van der Waals surface area contributed by atoms with E-state index in [-0.39, 0.29) is 5.75 Å². The van der Waals surface area contributed by atoms with Crippen molar-refractivity contribution >= 4 is 36.4 Å². The number of hydrogen-bond acceptors (Lipinski definition) is 4. The van der Waals surface area contributed by atoms with Gasteiger partial charge in [-0.2, -0.15) is 0 Å². The van der Waals surface area contributed by atoms with Crippen molar-refractivity contribution in [1.82, 2.24) is 0 Å². The zero-order valence-electron chi connectivity index (χ0n) is 10.2. The summed E-state index contributed by atoms with van der Waals surface area (Å²) < 4.78 is 26.8. The topological polar surface area (TPSA) is 66.4 Å². The minimum Gasteiger partial charge on any atom is -0.389 e. The maximum Gasteiger partial charge on any atom is 0.233 e. The summed E-state index contributed by atoms with van der Waals surface area (Å²) in [6.45, 7) is 3.22. The highest BCUT2D eigenvalue weighted by Gasteiger charge is 2.19. The third kappa shape index (κ3) is 2.50. The minimum atomic E-state index is -3.33. The van der Waals surface area contributed by atoms with Crippen LogP contribution in [0.25, 0.3) is 10.1 Å². The van der Waals surface area contributed by atoms with Crippen LogP contribution in [0.15, 0.2) is 24.3 Å². The maximum atomic E-state index is 11.6. The van der Waals surface area contributed by atoms with Crippen LogP contribution >= 0.6 is 11.3 Å². The lowest BCUT2D eigenvalue weighted by Gasteiger charge is -2.09. The fraction of sp³-hybridized carbons (Fsp3) is 0.333. The first-order valence-electron chi connectivity index (χ1n) is 5.64. The van der Waals surface area contributed by atoms with Gasteiger partial charge in [-0.3, -0.25) is 4.72 Å². The fourth-order valence-electron chi connectivity index (χ4n) is 1.77. The SMILES string of the molecule is CCS(=O)(=O)Nc1sc2ccccc2c1C(C)O. The molecule has 1 atom stereocenters. The summed E-state index contributed by atoms with van der Waals surface area (Å²) in [5.41, 5.74) is 0.646. The predicted molar refractivity (Wildman–Crippen MR) is 75.5 cm³/mol. The lowest BCUT2D eigenvalue weighted by atomic mass is 10.1. The number of anilines is 1. The summed E-state index contributed by atoms with van der Waals surface area (Å²) >= 11 is 1.34. The second-order valence-corrected chi connectivity index (χ2v) is 7.09. The molecule has 0 bridgehead atoms. The number of benzene rings is 1. The highest BCUT2D eigenvalue weighted by Crippen LogP contribution is 2.39. The number of nitrogens with one attached hydrogen (secondary N) is 1. The number of rotatable bonds is 4. The lowest BCUT2D eigenvalue weighted by molar-refractivity contribution is 0.202. The number of aliphatic hydroxyl groups is 1. The van der Waals surface area contributed by atoms with Crippen LogP contribution in [-0.2, 0) is 10.0 Å². The van der Waals surface area contributed by atoms with Crippen LogP contribution in [0.4, 0.5) is 5.00 Å². The third-order valence-electron chi connectivity index (χ3n) is 2.68. The van der Waals surface area contributed by atoms with Crippen LogP contribution in [0.3, 0.4) is 0 Å². The summed E-state index contributed by atoms with van der Waals surface area (Å²) in [7, 11) is -3.33. The van der Waals surface area contributed by atoms with E-state index in [9.17, 15) is 13.5 Å². The van der Waals surface area contributed by atoms with Gasteiger partial charge >= 0.3 is 0 Å². The standard InChI is InChI=1S/C12H15NO3S2/c1-3-18(15,16)13-12-11(8(2)14)9-6-4-5-7-10(9)17-12/h4-8,13-14H,3H2,1-2H3. The molecule has 1 heterocycles. The fourth-order valence-corrected chi connectivity index (χ4v) is 3.90. The van der Waals surface area contributed by atoms with Crippen LogP contribution in [0.2, 0.25) is 0 Å². The minimum absolute atomic E-state index is 0.0144. The average Bonchev–Trinajstić information content (AvgIpc) is 2.65. The van der Waals surface area contributed by atoms with Gasteiger partial charge in [0, 0.05) is 15.6 Å². The van der Waals surface area contributed by atoms with Crippen molar-refractivity contribution in [1.29, 1.82) is 0 Å². The van der Waals surface area contributed by atoms with Crippen molar-refractivity contribution < 1.29 is 13.5 Å². The van der Waals surface area contributed by atoms with Gasteiger partial charge in [-0.1, -0.05) is 18.2 Å². The summed E-state index contributed by atoms with van der Waals surface area (Å²) in [6, 6.07) is 7.56. The van der Waals surface area contributed by atoms with Crippen LogP contribution in [0, 0.1) is 0 Å². The molecule has 2 rings (SSSR count). The molecule has 0 fully saturated rings. The first-order valence-corrected chi connectivity index (χ1v) is 8.11. The molecule has 0 aliphatic heterocycles. The van der Waals surface area contributed by atoms with E-state index in [1.54, 1.807) is 13.8 Å². The average molecular weight is 285 g/mol. The molecule has 0 radical (unpaired) electrons. The third-order valence-corrected chi connectivity index (χ3v) is 5.19. The Balaban J connectivity index is 2.60. The summed E-state index contributed by atoms with van der Waals surface area (Å²) in [6.07, 6.45) is -0.712. The first-order chi connectivity index (χ1) is 8.44. The van der Waals surface area contributed by atoms with Gasteiger partial charge in [0.2, 0.25) is 10.0 Å². The monoisotopic (exact) mass is 285 g/mol. The number of hydrogen-bond donors (Lipinski definition) is 2. The van der Waals surface area contributed by atoms with Crippen molar-refractivity contribution in [3.8, 4) is 0 Å². The van der Waals surface area contributed by atoms with Crippen LogP contribution in [0.5, 0.6) is 0 Å². The molecule has 0 amide bonds. The highest BCUT2D eigenvalue weighted by molar-refractivity contribution is 7.92. The summed E-state index contributed by atoms with van der Waals surface area (Å²) in [5.74, 6) is 0.0144. The van der Waals surface area contributed by atoms with Crippen molar-refractivity contribution in [3.63, 3.8) is 0 Å². The predicted octanol–water partition coefficient (Wildman–Crippen LogP) is 2.72. The molecule has 0 aliphatic rings. The molecule has 1 unspecified atom stereocenters. The van der Waals surface area contributed by atoms with Gasteiger partial charge in [-0.25, -0.2) is 8.42 Å². The molecule has 0 saturated heterocycles. The molecule has 0 aliphatic carbocycles. The van der Waals surface area contributed by atoms with Crippen molar-refractivity contribution in [2.45, 2.75) is 20.0 Å². The van der Waals surface area contributed by atoms with E-state index in [4.69, 9.17) is 0 Å². The Hall–Kier alpha value is -1.11. The molecule has 0 saturated carbocycles. The van der Waals surface area contributed by atoms with Crippen molar-refractivity contribution in [2.75, 3.05) is 10.5 Å². The van der Waals surface area contributed by atoms with E-state index < -0.39 is 16.1 Å². The molecule has 1 aromatic heterocycles. The van der Waals surface area contributed by atoms with Gasteiger partial charge in [0.15, 0.2) is 0 Å². The molecule has 0 spiro atoms. The Morgan fingerprint density at radius 1 is 1.39 bits per heavy atom.